The summed E-state index contributed by atoms with van der Waals surface area (Å²) in [7, 11) is 1.45. The summed E-state index contributed by atoms with van der Waals surface area (Å²) in [5.41, 5.74) is 0.520. The zero-order chi connectivity index (χ0) is 48.2. The number of rotatable bonds is 55. The number of carbonyl (C=O) groups excluding carboxylic acids is 1. The summed E-state index contributed by atoms with van der Waals surface area (Å²) in [6.07, 6.45) is 70.0. The summed E-state index contributed by atoms with van der Waals surface area (Å²) in [5.74, 6) is -1.35. The fraction of sp³-hybridized carbons (Fsp3) is 0.919. The molecule has 0 heterocycles. The van der Waals surface area contributed by atoms with Crippen LogP contribution in [0, 0.1) is 0 Å². The maximum absolute atomic E-state index is 12.7. The molecule has 0 fully saturated rings. The molecule has 5 heteroatoms. The van der Waals surface area contributed by atoms with Gasteiger partial charge in [-0.1, -0.05) is 310 Å². The lowest BCUT2D eigenvalue weighted by Crippen LogP contribution is -2.48. The maximum atomic E-state index is 12.7. The highest BCUT2D eigenvalue weighted by Crippen LogP contribution is 2.32. The van der Waals surface area contributed by atoms with Crippen molar-refractivity contribution in [2.75, 3.05) is 26.9 Å². The first-order valence-electron chi connectivity index (χ1n) is 30.5. The van der Waals surface area contributed by atoms with Crippen LogP contribution in [0.2, 0.25) is 0 Å². The molecule has 5 nitrogen and oxygen atoms in total. The summed E-state index contributed by atoms with van der Waals surface area (Å²) in [5, 5.41) is 0. The van der Waals surface area contributed by atoms with Gasteiger partial charge in [-0.3, -0.25) is 0 Å². The molecule has 0 saturated heterocycles. The van der Waals surface area contributed by atoms with Gasteiger partial charge in [-0.15, -0.1) is 0 Å². The number of ether oxygens (including phenoxy) is 4. The van der Waals surface area contributed by atoms with Crippen LogP contribution in [0.3, 0.4) is 0 Å². The summed E-state index contributed by atoms with van der Waals surface area (Å²) in [4.78, 5) is 12.7. The summed E-state index contributed by atoms with van der Waals surface area (Å²) < 4.78 is 25.3. The minimum atomic E-state index is -1.02. The molecule has 67 heavy (non-hydrogen) atoms. The predicted molar refractivity (Wildman–Crippen MR) is 292 cm³/mol. The Morgan fingerprint density at radius 2 is 0.612 bits per heavy atom. The quantitative estimate of drug-likeness (QED) is 0.0345. The van der Waals surface area contributed by atoms with E-state index in [2.05, 4.69) is 20.8 Å². The van der Waals surface area contributed by atoms with Crippen molar-refractivity contribution in [2.24, 2.45) is 0 Å². The van der Waals surface area contributed by atoms with Gasteiger partial charge in [0.2, 0.25) is 5.79 Å². The van der Waals surface area contributed by atoms with E-state index in [0.717, 1.165) is 19.3 Å². The Bertz CT molecular complexity index is 1030. The zero-order valence-corrected chi connectivity index (χ0v) is 45.9. The van der Waals surface area contributed by atoms with E-state index in [1.54, 1.807) is 0 Å². The Morgan fingerprint density at radius 1 is 0.373 bits per heavy atom. The predicted octanol–water partition coefficient (Wildman–Crippen LogP) is 20.6. The molecule has 0 amide bonds. The van der Waals surface area contributed by atoms with Gasteiger partial charge in [0, 0.05) is 6.61 Å². The Balaban J connectivity index is 2.50. The lowest BCUT2D eigenvalue weighted by atomic mass is 9.98. The van der Waals surface area contributed by atoms with Crippen LogP contribution in [0.1, 0.15) is 329 Å². The SMILES string of the molecule is CCCCCCCCCCCCCCCCCCOC1C=C(C(=O)OC)C=CC1(OCCCCCCCCCCCCCCCCCC)OCCCCCCCCCCCCCCCCCC. The normalized spacial score (nSPS) is 14.6. The monoisotopic (exact) mass is 943 g/mol. The highest BCUT2D eigenvalue weighted by atomic mass is 16.7. The van der Waals surface area contributed by atoms with E-state index in [1.807, 2.05) is 18.2 Å². The number of hydrogen-bond donors (Lipinski definition) is 0. The Kier molecular flexibility index (Phi) is 48.8. The highest BCUT2D eigenvalue weighted by molar-refractivity contribution is 5.92. The van der Waals surface area contributed by atoms with Crippen molar-refractivity contribution in [1.82, 2.24) is 0 Å². The van der Waals surface area contributed by atoms with Gasteiger partial charge in [-0.25, -0.2) is 4.79 Å². The van der Waals surface area contributed by atoms with Gasteiger partial charge in [0.1, 0.15) is 6.10 Å². The molecule has 0 bridgehead atoms. The third-order valence-corrected chi connectivity index (χ3v) is 14.6. The van der Waals surface area contributed by atoms with Crippen LogP contribution in [-0.2, 0) is 23.7 Å². The Hall–Kier alpha value is -1.17. The summed E-state index contributed by atoms with van der Waals surface area (Å²) in [6.45, 7) is 8.78. The van der Waals surface area contributed by atoms with E-state index in [1.165, 1.54) is 296 Å². The molecule has 0 aromatic rings. The molecule has 1 unspecified atom stereocenters. The van der Waals surface area contributed by atoms with Crippen molar-refractivity contribution in [3.05, 3.63) is 23.8 Å². The van der Waals surface area contributed by atoms with Gasteiger partial charge < -0.3 is 18.9 Å². The standard InChI is InChI=1S/C62H118O5/c1-5-8-11-14-17-20-23-26-29-32-35-38-41-44-47-50-55-65-60-58-59(61(63)64-4)53-54-62(60,66-56-51-48-45-42-39-36-33-30-27-24-21-18-15-12-9-6-2)67-57-52-49-46-43-40-37-34-31-28-25-22-19-16-13-10-7-3/h53-54,58,60H,5-52,55-57H2,1-4H3. The minimum absolute atomic E-state index is 0.337. The molecule has 396 valence electrons. The largest absolute Gasteiger partial charge is 0.465 e. The van der Waals surface area contributed by atoms with Gasteiger partial charge >= 0.3 is 5.97 Å². The average molecular weight is 944 g/mol. The van der Waals surface area contributed by atoms with Gasteiger partial charge in [0.15, 0.2) is 0 Å². The molecule has 1 rings (SSSR count). The lowest BCUT2D eigenvalue weighted by molar-refractivity contribution is -0.253. The number of carbonyl (C=O) groups is 1. The Morgan fingerprint density at radius 3 is 0.866 bits per heavy atom. The van der Waals surface area contributed by atoms with Gasteiger partial charge in [0.05, 0.1) is 25.9 Å². The van der Waals surface area contributed by atoms with E-state index in [4.69, 9.17) is 18.9 Å². The summed E-state index contributed by atoms with van der Waals surface area (Å²) >= 11 is 0. The second-order valence-corrected chi connectivity index (χ2v) is 21.1. The Labute approximate surface area is 419 Å². The third-order valence-electron chi connectivity index (χ3n) is 14.6. The van der Waals surface area contributed by atoms with Crippen LogP contribution >= 0.6 is 0 Å². The van der Waals surface area contributed by atoms with Gasteiger partial charge in [0.25, 0.3) is 0 Å². The second-order valence-electron chi connectivity index (χ2n) is 21.1. The second kappa shape index (κ2) is 51.2. The summed E-state index contributed by atoms with van der Waals surface area (Å²) in [6, 6.07) is 0. The van der Waals surface area contributed by atoms with E-state index in [0.29, 0.717) is 25.4 Å². The zero-order valence-electron chi connectivity index (χ0n) is 45.9. The number of esters is 1. The lowest BCUT2D eigenvalue weighted by Gasteiger charge is -2.38. The van der Waals surface area contributed by atoms with Crippen LogP contribution < -0.4 is 0 Å². The van der Waals surface area contributed by atoms with Crippen molar-refractivity contribution in [1.29, 1.82) is 0 Å². The average Bonchev–Trinajstić information content (AvgIpc) is 3.34. The molecule has 1 aliphatic rings. The molecule has 0 N–H and O–H groups in total. The molecule has 0 saturated carbocycles. The smallest absolute Gasteiger partial charge is 0.337 e. The topological polar surface area (TPSA) is 54.0 Å². The number of methoxy groups -OCH3 is 1. The van der Waals surface area contributed by atoms with E-state index in [9.17, 15) is 4.79 Å². The minimum Gasteiger partial charge on any atom is -0.465 e. The van der Waals surface area contributed by atoms with Crippen LogP contribution in [0.15, 0.2) is 23.8 Å². The molecule has 0 spiro atoms. The maximum Gasteiger partial charge on any atom is 0.337 e. The van der Waals surface area contributed by atoms with E-state index in [-0.39, 0.29) is 5.97 Å². The van der Waals surface area contributed by atoms with Crippen LogP contribution in [-0.4, -0.2) is 44.8 Å². The van der Waals surface area contributed by atoms with E-state index < -0.39 is 11.9 Å². The van der Waals surface area contributed by atoms with Crippen LogP contribution in [0.25, 0.3) is 0 Å². The first kappa shape index (κ1) is 63.8. The molecule has 0 aromatic carbocycles. The first-order valence-corrected chi connectivity index (χ1v) is 30.5. The van der Waals surface area contributed by atoms with Gasteiger partial charge in [-0.05, 0) is 37.5 Å². The van der Waals surface area contributed by atoms with Crippen LogP contribution in [0.5, 0.6) is 0 Å². The first-order chi connectivity index (χ1) is 33.1. The molecule has 0 radical (unpaired) electrons. The molecule has 0 aliphatic heterocycles. The van der Waals surface area contributed by atoms with E-state index >= 15 is 0 Å². The molecular formula is C62H118O5. The molecule has 1 aliphatic carbocycles. The van der Waals surface area contributed by atoms with Crippen molar-refractivity contribution in [2.45, 2.75) is 341 Å². The molecule has 0 aromatic heterocycles. The molecule has 1 atom stereocenters. The van der Waals surface area contributed by atoms with Crippen LogP contribution in [0.4, 0.5) is 0 Å². The number of hydrogen-bond acceptors (Lipinski definition) is 5. The van der Waals surface area contributed by atoms with Crippen molar-refractivity contribution in [3.63, 3.8) is 0 Å². The fourth-order valence-corrected chi connectivity index (χ4v) is 9.98. The number of unbranched alkanes of at least 4 members (excludes halogenated alkanes) is 45. The van der Waals surface area contributed by atoms with Crippen molar-refractivity contribution < 1.29 is 23.7 Å². The molecular weight excluding hydrogens is 825 g/mol. The van der Waals surface area contributed by atoms with Crippen molar-refractivity contribution >= 4 is 5.97 Å². The van der Waals surface area contributed by atoms with Crippen molar-refractivity contribution in [3.8, 4) is 0 Å². The highest BCUT2D eigenvalue weighted by Gasteiger charge is 2.42. The van der Waals surface area contributed by atoms with Gasteiger partial charge in [-0.2, -0.15) is 0 Å². The third kappa shape index (κ3) is 40.2. The fourth-order valence-electron chi connectivity index (χ4n) is 9.98.